The van der Waals surface area contributed by atoms with Gasteiger partial charge in [0.2, 0.25) is 5.91 Å². The van der Waals surface area contributed by atoms with Crippen LogP contribution in [-0.2, 0) is 16.1 Å². The predicted octanol–water partition coefficient (Wildman–Crippen LogP) is 2.65. The van der Waals surface area contributed by atoms with E-state index in [1.807, 2.05) is 32.2 Å². The summed E-state index contributed by atoms with van der Waals surface area (Å²) in [5.74, 6) is 1.36. The van der Waals surface area contributed by atoms with E-state index in [-0.39, 0.29) is 5.91 Å². The zero-order valence-electron chi connectivity index (χ0n) is 13.3. The van der Waals surface area contributed by atoms with E-state index in [9.17, 15) is 4.79 Å². The molecule has 0 saturated carbocycles. The van der Waals surface area contributed by atoms with Crippen molar-refractivity contribution in [1.29, 1.82) is 0 Å². The molecule has 3 rings (SSSR count). The first kappa shape index (κ1) is 15.0. The average molecular weight is 301 g/mol. The molecule has 1 saturated heterocycles. The van der Waals surface area contributed by atoms with Crippen molar-refractivity contribution in [1.82, 2.24) is 14.9 Å². The Labute approximate surface area is 130 Å². The van der Waals surface area contributed by atoms with Gasteiger partial charge in [-0.25, -0.2) is 4.98 Å². The molecule has 118 valence electrons. The molecule has 1 amide bonds. The third kappa shape index (κ3) is 3.30. The van der Waals surface area contributed by atoms with Crippen LogP contribution in [0.15, 0.2) is 18.2 Å². The highest BCUT2D eigenvalue weighted by atomic mass is 16.5. The minimum Gasteiger partial charge on any atom is -0.381 e. The SMILES string of the molecule is Cc1cccc2[nH]c(CN(C)C(=O)C[C@@H]3CCCOC3)nc12. The molecule has 0 unspecified atom stereocenters. The number of nitrogens with zero attached hydrogens (tertiary/aromatic N) is 2. The van der Waals surface area contributed by atoms with Crippen molar-refractivity contribution >= 4 is 16.9 Å². The van der Waals surface area contributed by atoms with Crippen molar-refractivity contribution in [2.24, 2.45) is 5.92 Å². The van der Waals surface area contributed by atoms with Crippen LogP contribution in [0.5, 0.6) is 0 Å². The van der Waals surface area contributed by atoms with Gasteiger partial charge in [0.1, 0.15) is 5.82 Å². The van der Waals surface area contributed by atoms with E-state index in [0.29, 0.717) is 25.5 Å². The number of ether oxygens (including phenoxy) is 1. The highest BCUT2D eigenvalue weighted by Crippen LogP contribution is 2.19. The number of para-hydroxylation sites is 1. The van der Waals surface area contributed by atoms with Crippen LogP contribution in [0.1, 0.15) is 30.7 Å². The maximum Gasteiger partial charge on any atom is 0.223 e. The molecule has 2 heterocycles. The number of rotatable bonds is 4. The van der Waals surface area contributed by atoms with E-state index in [1.165, 1.54) is 0 Å². The van der Waals surface area contributed by atoms with Crippen LogP contribution in [0.25, 0.3) is 11.0 Å². The lowest BCUT2D eigenvalue weighted by Gasteiger charge is -2.24. The van der Waals surface area contributed by atoms with Crippen LogP contribution in [0.4, 0.5) is 0 Å². The molecule has 1 aromatic carbocycles. The average Bonchev–Trinajstić information content (AvgIpc) is 2.92. The molecule has 1 N–H and O–H groups in total. The molecule has 22 heavy (non-hydrogen) atoms. The molecule has 1 aromatic heterocycles. The molecule has 5 heteroatoms. The van der Waals surface area contributed by atoms with Crippen molar-refractivity contribution < 1.29 is 9.53 Å². The summed E-state index contributed by atoms with van der Waals surface area (Å²) in [6.45, 7) is 4.10. The number of fused-ring (bicyclic) bond motifs is 1. The topological polar surface area (TPSA) is 58.2 Å². The van der Waals surface area contributed by atoms with Crippen LogP contribution in [0.3, 0.4) is 0 Å². The maximum atomic E-state index is 12.3. The molecule has 2 aromatic rings. The highest BCUT2D eigenvalue weighted by molar-refractivity contribution is 5.79. The molecular weight excluding hydrogens is 278 g/mol. The number of benzene rings is 1. The van der Waals surface area contributed by atoms with Crippen LogP contribution in [-0.4, -0.2) is 41.0 Å². The number of hydrogen-bond acceptors (Lipinski definition) is 3. The van der Waals surface area contributed by atoms with Crippen LogP contribution in [0, 0.1) is 12.8 Å². The Kier molecular flexibility index (Phi) is 4.43. The van der Waals surface area contributed by atoms with Gasteiger partial charge in [-0.1, -0.05) is 12.1 Å². The first-order valence-corrected chi connectivity index (χ1v) is 7.89. The van der Waals surface area contributed by atoms with Crippen LogP contribution in [0.2, 0.25) is 0 Å². The molecular formula is C17H23N3O2. The lowest BCUT2D eigenvalue weighted by Crippen LogP contribution is -2.30. The van der Waals surface area contributed by atoms with Gasteiger partial charge in [0.05, 0.1) is 17.6 Å². The van der Waals surface area contributed by atoms with Crippen molar-refractivity contribution in [2.45, 2.75) is 32.7 Å². The van der Waals surface area contributed by atoms with E-state index in [4.69, 9.17) is 4.74 Å². The third-order valence-corrected chi connectivity index (χ3v) is 4.29. The van der Waals surface area contributed by atoms with E-state index in [1.54, 1.807) is 4.90 Å². The van der Waals surface area contributed by atoms with Gasteiger partial charge in [0.25, 0.3) is 0 Å². The van der Waals surface area contributed by atoms with Gasteiger partial charge in [0, 0.05) is 26.7 Å². The maximum absolute atomic E-state index is 12.3. The fourth-order valence-electron chi connectivity index (χ4n) is 2.99. The first-order valence-electron chi connectivity index (χ1n) is 7.89. The number of imidazole rings is 1. The zero-order chi connectivity index (χ0) is 15.5. The standard InChI is InChI=1S/C17H23N3O2/c1-12-5-3-7-14-17(12)19-15(18-14)10-20(2)16(21)9-13-6-4-8-22-11-13/h3,5,7,13H,4,6,8-11H2,1-2H3,(H,18,19)/t13-/m0/s1. The second-order valence-electron chi connectivity index (χ2n) is 6.19. The van der Waals surface area contributed by atoms with Gasteiger partial charge in [-0.05, 0) is 37.3 Å². The third-order valence-electron chi connectivity index (χ3n) is 4.29. The Balaban J connectivity index is 1.63. The van der Waals surface area contributed by atoms with Gasteiger partial charge in [-0.3, -0.25) is 4.79 Å². The van der Waals surface area contributed by atoms with Gasteiger partial charge in [-0.15, -0.1) is 0 Å². The molecule has 0 radical (unpaired) electrons. The van der Waals surface area contributed by atoms with E-state index in [2.05, 4.69) is 9.97 Å². The quantitative estimate of drug-likeness (QED) is 0.944. The van der Waals surface area contributed by atoms with E-state index in [0.717, 1.165) is 41.9 Å². The summed E-state index contributed by atoms with van der Waals surface area (Å²) in [5.41, 5.74) is 3.16. The monoisotopic (exact) mass is 301 g/mol. The summed E-state index contributed by atoms with van der Waals surface area (Å²) in [6, 6.07) is 6.07. The number of H-pyrrole nitrogens is 1. The minimum absolute atomic E-state index is 0.160. The van der Waals surface area contributed by atoms with Gasteiger partial charge < -0.3 is 14.6 Å². The summed E-state index contributed by atoms with van der Waals surface area (Å²) in [5, 5.41) is 0. The molecule has 0 bridgehead atoms. The highest BCUT2D eigenvalue weighted by Gasteiger charge is 2.20. The summed E-state index contributed by atoms with van der Waals surface area (Å²) >= 11 is 0. The Morgan fingerprint density at radius 3 is 3.09 bits per heavy atom. The number of carbonyl (C=O) groups excluding carboxylic acids is 1. The molecule has 5 nitrogen and oxygen atoms in total. The Morgan fingerprint density at radius 2 is 2.36 bits per heavy atom. The van der Waals surface area contributed by atoms with Crippen LogP contribution >= 0.6 is 0 Å². The van der Waals surface area contributed by atoms with Crippen LogP contribution < -0.4 is 0 Å². The summed E-state index contributed by atoms with van der Waals surface area (Å²) < 4.78 is 5.44. The molecule has 1 aliphatic rings. The number of nitrogens with one attached hydrogen (secondary N) is 1. The number of carbonyl (C=O) groups is 1. The fraction of sp³-hybridized carbons (Fsp3) is 0.529. The smallest absolute Gasteiger partial charge is 0.223 e. The largest absolute Gasteiger partial charge is 0.381 e. The number of amides is 1. The molecule has 1 fully saturated rings. The lowest BCUT2D eigenvalue weighted by molar-refractivity contribution is -0.132. The second-order valence-corrected chi connectivity index (χ2v) is 6.19. The molecule has 1 atom stereocenters. The normalized spacial score (nSPS) is 18.5. The van der Waals surface area contributed by atoms with Gasteiger partial charge >= 0.3 is 0 Å². The van der Waals surface area contributed by atoms with Crippen molar-refractivity contribution in [3.05, 3.63) is 29.6 Å². The number of aryl methyl sites for hydroxylation is 1. The van der Waals surface area contributed by atoms with E-state index < -0.39 is 0 Å². The Hall–Kier alpha value is -1.88. The minimum atomic E-state index is 0.160. The van der Waals surface area contributed by atoms with Crippen molar-refractivity contribution in [3.63, 3.8) is 0 Å². The Bertz CT molecular complexity index is 659. The molecule has 0 aliphatic carbocycles. The van der Waals surface area contributed by atoms with Gasteiger partial charge in [-0.2, -0.15) is 0 Å². The fourth-order valence-corrected chi connectivity index (χ4v) is 2.99. The number of aromatic amines is 1. The summed E-state index contributed by atoms with van der Waals surface area (Å²) in [4.78, 5) is 22.0. The first-order chi connectivity index (χ1) is 10.6. The second kappa shape index (κ2) is 6.48. The number of hydrogen-bond donors (Lipinski definition) is 1. The summed E-state index contributed by atoms with van der Waals surface area (Å²) in [6.07, 6.45) is 2.71. The summed E-state index contributed by atoms with van der Waals surface area (Å²) in [7, 11) is 1.84. The van der Waals surface area contributed by atoms with Crippen molar-refractivity contribution in [3.8, 4) is 0 Å². The zero-order valence-corrected chi connectivity index (χ0v) is 13.3. The number of aromatic nitrogens is 2. The lowest BCUT2D eigenvalue weighted by atomic mass is 9.98. The predicted molar refractivity (Wildman–Crippen MR) is 85.5 cm³/mol. The van der Waals surface area contributed by atoms with Crippen molar-refractivity contribution in [2.75, 3.05) is 20.3 Å². The van der Waals surface area contributed by atoms with E-state index >= 15 is 0 Å². The molecule has 1 aliphatic heterocycles. The van der Waals surface area contributed by atoms with Gasteiger partial charge in [0.15, 0.2) is 0 Å². The Morgan fingerprint density at radius 1 is 1.50 bits per heavy atom. The molecule has 0 spiro atoms.